The lowest BCUT2D eigenvalue weighted by Crippen LogP contribution is -2.23. The average molecular weight is 191 g/mol. The van der Waals surface area contributed by atoms with Crippen molar-refractivity contribution >= 4 is 18.4 Å². The van der Waals surface area contributed by atoms with Crippen molar-refractivity contribution in [2.24, 2.45) is 0 Å². The zero-order chi connectivity index (χ0) is 11.0. The summed E-state index contributed by atoms with van der Waals surface area (Å²) in [6.07, 6.45) is 8.64. The van der Waals surface area contributed by atoms with Crippen LogP contribution in [0.4, 0.5) is 0 Å². The van der Waals surface area contributed by atoms with E-state index in [4.69, 9.17) is 4.79 Å². The van der Waals surface area contributed by atoms with Crippen molar-refractivity contribution in [3.8, 4) is 0 Å². The van der Waals surface area contributed by atoms with Crippen molar-refractivity contribution in [2.45, 2.75) is 20.8 Å². The van der Waals surface area contributed by atoms with Gasteiger partial charge in [-0.25, -0.2) is 0 Å². The SMILES string of the molecule is C=C/C=c1/c(C)c[nH]/c1=C/C.CC=O. The first kappa shape index (κ1) is 12.4. The predicted octanol–water partition coefficient (Wildman–Crippen LogP) is 1.30. The number of aromatic nitrogens is 1. The van der Waals surface area contributed by atoms with Crippen molar-refractivity contribution in [3.63, 3.8) is 0 Å². The molecule has 0 radical (unpaired) electrons. The summed E-state index contributed by atoms with van der Waals surface area (Å²) in [5.41, 5.74) is 1.26. The molecule has 1 heterocycles. The van der Waals surface area contributed by atoms with Gasteiger partial charge in [0.25, 0.3) is 0 Å². The van der Waals surface area contributed by atoms with E-state index in [0.29, 0.717) is 0 Å². The van der Waals surface area contributed by atoms with Gasteiger partial charge in [-0.2, -0.15) is 0 Å². The first-order chi connectivity index (χ1) is 6.71. The van der Waals surface area contributed by atoms with Crippen molar-refractivity contribution in [3.05, 3.63) is 35.0 Å². The maximum atomic E-state index is 8.81. The average Bonchev–Trinajstić information content (AvgIpc) is 2.50. The molecule has 0 aliphatic heterocycles. The number of aldehydes is 1. The van der Waals surface area contributed by atoms with Crippen LogP contribution in [0, 0.1) is 6.92 Å². The standard InChI is InChI=1S/C10H13N.C2H4O/c1-4-6-9-8(3)7-11-10(9)5-2;1-2-3/h4-7,11H,1H2,2-3H3;2H,1H3/b9-6-,10-5+;. The number of hydrogen-bond acceptors (Lipinski definition) is 1. The minimum atomic E-state index is 0.750. The number of aryl methyl sites for hydroxylation is 1. The van der Waals surface area contributed by atoms with Crippen LogP contribution in [0.5, 0.6) is 0 Å². The maximum Gasteiger partial charge on any atom is 0.116 e. The molecule has 0 aromatic carbocycles. The van der Waals surface area contributed by atoms with Crippen LogP contribution < -0.4 is 10.6 Å². The van der Waals surface area contributed by atoms with Gasteiger partial charge >= 0.3 is 0 Å². The highest BCUT2D eigenvalue weighted by atomic mass is 16.1. The number of carbonyl (C=O) groups is 1. The number of H-pyrrole nitrogens is 1. The first-order valence-electron chi connectivity index (χ1n) is 4.54. The molecule has 14 heavy (non-hydrogen) atoms. The van der Waals surface area contributed by atoms with Crippen molar-refractivity contribution < 1.29 is 4.79 Å². The van der Waals surface area contributed by atoms with E-state index in [-0.39, 0.29) is 0 Å². The molecule has 0 aliphatic rings. The molecule has 2 nitrogen and oxygen atoms in total. The van der Waals surface area contributed by atoms with Crippen LogP contribution in [-0.2, 0) is 4.79 Å². The molecule has 1 aromatic rings. The van der Waals surface area contributed by atoms with Crippen LogP contribution in [0.25, 0.3) is 12.2 Å². The van der Waals surface area contributed by atoms with E-state index in [0.717, 1.165) is 6.29 Å². The Morgan fingerprint density at radius 2 is 2.00 bits per heavy atom. The molecule has 0 saturated heterocycles. The van der Waals surface area contributed by atoms with Crippen molar-refractivity contribution in [1.82, 2.24) is 4.98 Å². The fourth-order valence-corrected chi connectivity index (χ4v) is 1.13. The molecule has 1 rings (SSSR count). The number of nitrogens with one attached hydrogen (secondary N) is 1. The number of rotatable bonds is 1. The van der Waals surface area contributed by atoms with Crippen LogP contribution >= 0.6 is 0 Å². The summed E-state index contributed by atoms with van der Waals surface area (Å²) < 4.78 is 0. The Bertz CT molecular complexity index is 398. The van der Waals surface area contributed by atoms with E-state index in [9.17, 15) is 0 Å². The van der Waals surface area contributed by atoms with Gasteiger partial charge in [-0.3, -0.25) is 0 Å². The molecule has 0 aliphatic carbocycles. The summed E-state index contributed by atoms with van der Waals surface area (Å²) >= 11 is 0. The summed E-state index contributed by atoms with van der Waals surface area (Å²) in [6, 6.07) is 0. The predicted molar refractivity (Wildman–Crippen MR) is 61.3 cm³/mol. The van der Waals surface area contributed by atoms with Crippen molar-refractivity contribution in [2.75, 3.05) is 0 Å². The zero-order valence-corrected chi connectivity index (χ0v) is 9.00. The van der Waals surface area contributed by atoms with Gasteiger partial charge in [0.15, 0.2) is 0 Å². The van der Waals surface area contributed by atoms with Crippen LogP contribution in [0.3, 0.4) is 0 Å². The monoisotopic (exact) mass is 191 g/mol. The molecule has 1 aromatic heterocycles. The number of aromatic amines is 1. The van der Waals surface area contributed by atoms with Crippen molar-refractivity contribution in [1.29, 1.82) is 0 Å². The lowest BCUT2D eigenvalue weighted by Gasteiger charge is -1.79. The summed E-state index contributed by atoms with van der Waals surface area (Å²) in [5, 5.41) is 2.41. The Hall–Kier alpha value is -1.57. The highest BCUT2D eigenvalue weighted by Gasteiger charge is 1.88. The van der Waals surface area contributed by atoms with Gasteiger partial charge in [-0.1, -0.05) is 24.8 Å². The lowest BCUT2D eigenvalue weighted by atomic mass is 10.2. The molecular formula is C12H17NO. The molecule has 2 heteroatoms. The van der Waals surface area contributed by atoms with Gasteiger partial charge in [0, 0.05) is 16.8 Å². The first-order valence-corrected chi connectivity index (χ1v) is 4.54. The minimum Gasteiger partial charge on any atom is -0.361 e. The van der Waals surface area contributed by atoms with Gasteiger partial charge in [-0.15, -0.1) is 0 Å². The number of allylic oxidation sites excluding steroid dienone is 1. The lowest BCUT2D eigenvalue weighted by molar-refractivity contribution is -0.106. The van der Waals surface area contributed by atoms with E-state index < -0.39 is 0 Å². The van der Waals surface area contributed by atoms with E-state index in [1.54, 1.807) is 0 Å². The van der Waals surface area contributed by atoms with Crippen LogP contribution in [0.1, 0.15) is 19.4 Å². The van der Waals surface area contributed by atoms with Crippen LogP contribution in [-0.4, -0.2) is 11.3 Å². The quantitative estimate of drug-likeness (QED) is 0.667. The zero-order valence-electron chi connectivity index (χ0n) is 9.00. The van der Waals surface area contributed by atoms with Gasteiger partial charge in [-0.05, 0) is 26.3 Å². The second kappa shape index (κ2) is 6.89. The van der Waals surface area contributed by atoms with E-state index >= 15 is 0 Å². The Labute approximate surface area is 84.7 Å². The fraction of sp³-hybridized carbons (Fsp3) is 0.250. The summed E-state index contributed by atoms with van der Waals surface area (Å²) in [4.78, 5) is 12.0. The summed E-state index contributed by atoms with van der Waals surface area (Å²) in [5.74, 6) is 0. The molecule has 0 atom stereocenters. The molecule has 0 bridgehead atoms. The third-order valence-electron chi connectivity index (χ3n) is 1.73. The second-order valence-electron chi connectivity index (χ2n) is 2.73. The Morgan fingerprint density at radius 1 is 1.43 bits per heavy atom. The number of hydrogen-bond donors (Lipinski definition) is 1. The van der Waals surface area contributed by atoms with Crippen LogP contribution in [0.15, 0.2) is 18.9 Å². The topological polar surface area (TPSA) is 32.9 Å². The highest BCUT2D eigenvalue weighted by molar-refractivity contribution is 5.44. The minimum absolute atomic E-state index is 0.750. The largest absolute Gasteiger partial charge is 0.361 e. The molecule has 0 spiro atoms. The van der Waals surface area contributed by atoms with E-state index in [1.807, 2.05) is 25.3 Å². The molecular weight excluding hydrogens is 174 g/mol. The smallest absolute Gasteiger partial charge is 0.116 e. The Kier molecular flexibility index (Phi) is 6.12. The Morgan fingerprint density at radius 3 is 2.43 bits per heavy atom. The molecule has 0 unspecified atom stereocenters. The van der Waals surface area contributed by atoms with E-state index in [2.05, 4.69) is 24.6 Å². The molecule has 0 amide bonds. The second-order valence-corrected chi connectivity index (χ2v) is 2.73. The van der Waals surface area contributed by atoms with Gasteiger partial charge in [0.1, 0.15) is 6.29 Å². The normalized spacial score (nSPS) is 11.9. The molecule has 1 N–H and O–H groups in total. The fourth-order valence-electron chi connectivity index (χ4n) is 1.13. The third-order valence-corrected chi connectivity index (χ3v) is 1.73. The maximum absolute atomic E-state index is 8.81. The van der Waals surface area contributed by atoms with Gasteiger partial charge < -0.3 is 9.78 Å². The molecule has 76 valence electrons. The van der Waals surface area contributed by atoms with Crippen LogP contribution in [0.2, 0.25) is 0 Å². The number of carbonyl (C=O) groups excluding carboxylic acids is 1. The third kappa shape index (κ3) is 3.44. The van der Waals surface area contributed by atoms with Gasteiger partial charge in [0.05, 0.1) is 0 Å². The van der Waals surface area contributed by atoms with E-state index in [1.165, 1.54) is 23.1 Å². The summed E-state index contributed by atoms with van der Waals surface area (Å²) in [7, 11) is 0. The molecule has 0 saturated carbocycles. The molecule has 0 fully saturated rings. The summed E-state index contributed by atoms with van der Waals surface area (Å²) in [6.45, 7) is 9.21. The Balaban J connectivity index is 0.000000500. The highest BCUT2D eigenvalue weighted by Crippen LogP contribution is 1.79. The van der Waals surface area contributed by atoms with Gasteiger partial charge in [0.2, 0.25) is 0 Å².